The molecule has 3 N–H and O–H groups in total. The molecular formula is C61H121NO3. The van der Waals surface area contributed by atoms with E-state index in [1.807, 2.05) is 6.08 Å². The van der Waals surface area contributed by atoms with Gasteiger partial charge in [0.05, 0.1) is 18.8 Å². The Kier molecular flexibility index (Phi) is 56.7. The van der Waals surface area contributed by atoms with E-state index >= 15 is 0 Å². The number of nitrogens with one attached hydrogen (secondary N) is 1. The molecule has 0 spiro atoms. The van der Waals surface area contributed by atoms with Crippen LogP contribution in [0.4, 0.5) is 0 Å². The minimum absolute atomic E-state index is 0.0550. The summed E-state index contributed by atoms with van der Waals surface area (Å²) in [6, 6.07) is -0.618. The third kappa shape index (κ3) is 53.9. The SMILES string of the molecule is CCCCCCCCCCCCCCCCCCC/C=C/C(O)C(CO)NC(=O)CCCCCCCCCCCCCCCCCCCCCCCCCCCCCCCCCCCC. The Labute approximate surface area is 409 Å². The Morgan fingerprint density at radius 3 is 0.800 bits per heavy atom. The molecule has 2 atom stereocenters. The maximum Gasteiger partial charge on any atom is 0.220 e. The van der Waals surface area contributed by atoms with Crippen molar-refractivity contribution >= 4 is 5.91 Å². The van der Waals surface area contributed by atoms with Crippen molar-refractivity contribution in [1.29, 1.82) is 0 Å². The van der Waals surface area contributed by atoms with Crippen molar-refractivity contribution in [3.63, 3.8) is 0 Å². The lowest BCUT2D eigenvalue weighted by atomic mass is 10.0. The largest absolute Gasteiger partial charge is 0.394 e. The number of hydrogen-bond donors (Lipinski definition) is 3. The fourth-order valence-electron chi connectivity index (χ4n) is 9.89. The summed E-state index contributed by atoms with van der Waals surface area (Å²) in [6.45, 7) is 4.36. The van der Waals surface area contributed by atoms with Crippen LogP contribution in [-0.4, -0.2) is 34.9 Å². The van der Waals surface area contributed by atoms with Gasteiger partial charge in [-0.25, -0.2) is 0 Å². The number of carbonyl (C=O) groups excluding carboxylic acids is 1. The standard InChI is InChI=1S/C61H121NO3/c1-3-5-7-9-11-13-15-17-19-21-23-24-25-26-27-28-29-30-31-32-33-34-35-36-37-39-41-43-45-47-49-51-53-55-57-61(65)62-59(58-63)60(64)56-54-52-50-48-46-44-42-40-38-22-20-18-16-14-12-10-8-6-4-2/h54,56,59-60,63-64H,3-53,55,57-58H2,1-2H3,(H,62,65)/b56-54+. The van der Waals surface area contributed by atoms with Crippen LogP contribution in [0.25, 0.3) is 0 Å². The lowest BCUT2D eigenvalue weighted by molar-refractivity contribution is -0.123. The summed E-state index contributed by atoms with van der Waals surface area (Å²) in [5.74, 6) is -0.0550. The van der Waals surface area contributed by atoms with Gasteiger partial charge in [-0.15, -0.1) is 0 Å². The van der Waals surface area contributed by atoms with Crippen LogP contribution in [0.3, 0.4) is 0 Å². The highest BCUT2D eigenvalue weighted by atomic mass is 16.3. The molecule has 65 heavy (non-hydrogen) atoms. The van der Waals surface area contributed by atoms with Crippen molar-refractivity contribution in [2.45, 2.75) is 366 Å². The van der Waals surface area contributed by atoms with Crippen LogP contribution in [0.1, 0.15) is 354 Å². The zero-order valence-corrected chi connectivity index (χ0v) is 44.8. The van der Waals surface area contributed by atoms with Crippen molar-refractivity contribution in [3.8, 4) is 0 Å². The average Bonchev–Trinajstić information content (AvgIpc) is 3.31. The van der Waals surface area contributed by atoms with Crippen LogP contribution in [0.2, 0.25) is 0 Å². The van der Waals surface area contributed by atoms with Crippen LogP contribution in [0, 0.1) is 0 Å². The molecule has 4 nitrogen and oxygen atoms in total. The van der Waals surface area contributed by atoms with E-state index in [-0.39, 0.29) is 12.5 Å². The first-order valence-corrected chi connectivity index (χ1v) is 30.4. The first-order chi connectivity index (χ1) is 32.2. The third-order valence-electron chi connectivity index (χ3n) is 14.5. The molecule has 0 fully saturated rings. The highest BCUT2D eigenvalue weighted by Crippen LogP contribution is 2.19. The highest BCUT2D eigenvalue weighted by Gasteiger charge is 2.18. The molecule has 0 aromatic rings. The van der Waals surface area contributed by atoms with E-state index in [0.717, 1.165) is 25.7 Å². The van der Waals surface area contributed by atoms with Crippen molar-refractivity contribution < 1.29 is 15.0 Å². The summed E-state index contributed by atoms with van der Waals surface area (Å²) in [6.07, 6.45) is 75.5. The van der Waals surface area contributed by atoms with Crippen LogP contribution in [0.15, 0.2) is 12.2 Å². The van der Waals surface area contributed by atoms with Crippen molar-refractivity contribution in [1.82, 2.24) is 5.32 Å². The van der Waals surface area contributed by atoms with Crippen molar-refractivity contribution in [2.75, 3.05) is 6.61 Å². The predicted octanol–water partition coefficient (Wildman–Crippen LogP) is 20.1. The smallest absolute Gasteiger partial charge is 0.220 e. The molecule has 0 radical (unpaired) electrons. The molecule has 0 aromatic heterocycles. The van der Waals surface area contributed by atoms with Crippen molar-refractivity contribution in [2.24, 2.45) is 0 Å². The summed E-state index contributed by atoms with van der Waals surface area (Å²) in [4.78, 5) is 12.5. The van der Waals surface area contributed by atoms with Crippen LogP contribution in [-0.2, 0) is 4.79 Å². The number of rotatable bonds is 57. The molecule has 0 bridgehead atoms. The molecule has 0 rings (SSSR count). The zero-order valence-electron chi connectivity index (χ0n) is 44.8. The topological polar surface area (TPSA) is 69.6 Å². The number of carbonyl (C=O) groups is 1. The molecule has 0 saturated heterocycles. The van der Waals surface area contributed by atoms with Gasteiger partial charge in [0.2, 0.25) is 5.91 Å². The zero-order chi connectivity index (χ0) is 47.0. The minimum atomic E-state index is -0.835. The molecule has 0 aromatic carbocycles. The Hall–Kier alpha value is -0.870. The van der Waals surface area contributed by atoms with Gasteiger partial charge in [-0.3, -0.25) is 4.79 Å². The number of hydrogen-bond acceptors (Lipinski definition) is 3. The van der Waals surface area contributed by atoms with Crippen molar-refractivity contribution in [3.05, 3.63) is 12.2 Å². The number of amides is 1. The number of aliphatic hydroxyl groups excluding tert-OH is 2. The minimum Gasteiger partial charge on any atom is -0.394 e. The predicted molar refractivity (Wildman–Crippen MR) is 290 cm³/mol. The van der Waals surface area contributed by atoms with Crippen LogP contribution in [0.5, 0.6) is 0 Å². The molecule has 0 heterocycles. The fourth-order valence-corrected chi connectivity index (χ4v) is 9.89. The van der Waals surface area contributed by atoms with Gasteiger partial charge in [0.1, 0.15) is 0 Å². The van der Waals surface area contributed by atoms with E-state index < -0.39 is 12.1 Å². The summed E-state index contributed by atoms with van der Waals surface area (Å²) >= 11 is 0. The monoisotopic (exact) mass is 916 g/mol. The second-order valence-electron chi connectivity index (χ2n) is 21.1. The third-order valence-corrected chi connectivity index (χ3v) is 14.5. The van der Waals surface area contributed by atoms with Crippen LogP contribution >= 0.6 is 0 Å². The van der Waals surface area contributed by atoms with Gasteiger partial charge >= 0.3 is 0 Å². The van der Waals surface area contributed by atoms with E-state index in [1.165, 1.54) is 308 Å². The summed E-state index contributed by atoms with van der Waals surface area (Å²) in [5.41, 5.74) is 0. The summed E-state index contributed by atoms with van der Waals surface area (Å²) < 4.78 is 0. The Bertz CT molecular complexity index is 905. The molecule has 0 saturated carbocycles. The van der Waals surface area contributed by atoms with E-state index in [4.69, 9.17) is 0 Å². The Balaban J connectivity index is 3.39. The normalized spacial score (nSPS) is 12.7. The molecule has 388 valence electrons. The second kappa shape index (κ2) is 57.4. The molecule has 0 aliphatic rings. The van der Waals surface area contributed by atoms with Gasteiger partial charge in [-0.05, 0) is 19.3 Å². The van der Waals surface area contributed by atoms with E-state index in [9.17, 15) is 15.0 Å². The van der Waals surface area contributed by atoms with Gasteiger partial charge in [-0.2, -0.15) is 0 Å². The molecule has 1 amide bonds. The summed E-state index contributed by atoms with van der Waals surface area (Å²) in [5, 5.41) is 23.2. The first kappa shape index (κ1) is 64.1. The van der Waals surface area contributed by atoms with E-state index in [0.29, 0.717) is 6.42 Å². The first-order valence-electron chi connectivity index (χ1n) is 30.4. The Morgan fingerprint density at radius 1 is 0.354 bits per heavy atom. The average molecular weight is 917 g/mol. The molecule has 2 unspecified atom stereocenters. The van der Waals surface area contributed by atoms with Gasteiger partial charge < -0.3 is 15.5 Å². The number of unbranched alkanes of at least 4 members (excludes halogenated alkanes) is 50. The van der Waals surface area contributed by atoms with E-state index in [2.05, 4.69) is 19.2 Å². The second-order valence-corrected chi connectivity index (χ2v) is 21.1. The fraction of sp³-hybridized carbons (Fsp3) is 0.951. The van der Waals surface area contributed by atoms with Gasteiger partial charge in [0, 0.05) is 6.42 Å². The summed E-state index contributed by atoms with van der Waals surface area (Å²) in [7, 11) is 0. The highest BCUT2D eigenvalue weighted by molar-refractivity contribution is 5.76. The van der Waals surface area contributed by atoms with Gasteiger partial charge in [0.15, 0.2) is 0 Å². The maximum atomic E-state index is 12.5. The number of allylic oxidation sites excluding steroid dienone is 1. The van der Waals surface area contributed by atoms with E-state index in [1.54, 1.807) is 6.08 Å². The molecule has 4 heteroatoms. The molecule has 0 aliphatic carbocycles. The Morgan fingerprint density at radius 2 is 0.569 bits per heavy atom. The van der Waals surface area contributed by atoms with Gasteiger partial charge in [0.25, 0.3) is 0 Å². The molecular weight excluding hydrogens is 795 g/mol. The molecule has 0 aliphatic heterocycles. The lowest BCUT2D eigenvalue weighted by Crippen LogP contribution is -2.45. The maximum absolute atomic E-state index is 12.5. The number of aliphatic hydroxyl groups is 2. The van der Waals surface area contributed by atoms with Crippen LogP contribution < -0.4 is 5.32 Å². The lowest BCUT2D eigenvalue weighted by Gasteiger charge is -2.20. The van der Waals surface area contributed by atoms with Gasteiger partial charge in [-0.1, -0.05) is 341 Å². The quantitative estimate of drug-likeness (QED) is 0.0421.